The van der Waals surface area contributed by atoms with E-state index in [2.05, 4.69) is 10.3 Å². The molecular weight excluding hydrogens is 292 g/mol. The number of fused-ring (bicyclic) bond motifs is 1. The molecular formula is C15H19ClN2OS. The predicted octanol–water partition coefficient (Wildman–Crippen LogP) is 4.30. The summed E-state index contributed by atoms with van der Waals surface area (Å²) in [5.74, 6) is 0. The van der Waals surface area contributed by atoms with Crippen molar-refractivity contribution in [2.24, 2.45) is 5.41 Å². The fourth-order valence-electron chi connectivity index (χ4n) is 3.04. The van der Waals surface area contributed by atoms with E-state index in [1.807, 2.05) is 17.6 Å². The van der Waals surface area contributed by atoms with Crippen molar-refractivity contribution in [2.45, 2.75) is 32.1 Å². The molecule has 0 aliphatic heterocycles. The number of hydrogen-bond acceptors (Lipinski definition) is 4. The molecule has 1 fully saturated rings. The molecule has 1 aromatic heterocycles. The van der Waals surface area contributed by atoms with Gasteiger partial charge in [0.05, 0.1) is 27.5 Å². The van der Waals surface area contributed by atoms with Crippen LogP contribution < -0.4 is 5.32 Å². The van der Waals surface area contributed by atoms with Crippen molar-refractivity contribution in [1.29, 1.82) is 0 Å². The minimum absolute atomic E-state index is 0.000233. The smallest absolute Gasteiger partial charge is 0.106 e. The molecule has 3 nitrogen and oxygen atoms in total. The summed E-state index contributed by atoms with van der Waals surface area (Å²) < 4.78 is 1.14. The van der Waals surface area contributed by atoms with Crippen molar-refractivity contribution in [2.75, 3.05) is 18.5 Å². The molecule has 0 unspecified atom stereocenters. The Morgan fingerprint density at radius 3 is 2.85 bits per heavy atom. The normalized spacial score (nSPS) is 18.3. The number of nitrogens with one attached hydrogen (secondary N) is 1. The van der Waals surface area contributed by atoms with Gasteiger partial charge in [-0.05, 0) is 25.0 Å². The van der Waals surface area contributed by atoms with Crippen LogP contribution in [-0.2, 0) is 0 Å². The highest BCUT2D eigenvalue weighted by molar-refractivity contribution is 7.16. The number of anilines is 1. The van der Waals surface area contributed by atoms with Gasteiger partial charge in [0.25, 0.3) is 0 Å². The lowest BCUT2D eigenvalue weighted by Gasteiger charge is -2.36. The summed E-state index contributed by atoms with van der Waals surface area (Å²) in [4.78, 5) is 4.40. The molecule has 1 aromatic carbocycles. The van der Waals surface area contributed by atoms with Crippen LogP contribution >= 0.6 is 22.9 Å². The van der Waals surface area contributed by atoms with Gasteiger partial charge in [-0.3, -0.25) is 0 Å². The molecule has 0 spiro atoms. The van der Waals surface area contributed by atoms with E-state index in [4.69, 9.17) is 11.6 Å². The van der Waals surface area contributed by atoms with Crippen LogP contribution in [0.15, 0.2) is 17.6 Å². The molecule has 1 heterocycles. The zero-order valence-electron chi connectivity index (χ0n) is 11.4. The number of aromatic nitrogens is 1. The van der Waals surface area contributed by atoms with Gasteiger partial charge in [-0.15, -0.1) is 11.3 Å². The molecule has 0 atom stereocenters. The van der Waals surface area contributed by atoms with E-state index in [1.54, 1.807) is 11.3 Å². The van der Waals surface area contributed by atoms with Crippen molar-refractivity contribution < 1.29 is 5.11 Å². The zero-order chi connectivity index (χ0) is 14.0. The number of aliphatic hydroxyl groups is 1. The summed E-state index contributed by atoms with van der Waals surface area (Å²) in [6, 6.07) is 3.92. The summed E-state index contributed by atoms with van der Waals surface area (Å²) >= 11 is 7.92. The Bertz CT molecular complexity index is 593. The lowest BCUT2D eigenvalue weighted by molar-refractivity contribution is 0.0944. The van der Waals surface area contributed by atoms with Crippen LogP contribution in [0.4, 0.5) is 5.69 Å². The Kier molecular flexibility index (Phi) is 4.15. The molecule has 3 rings (SSSR count). The quantitative estimate of drug-likeness (QED) is 0.884. The number of rotatable bonds is 4. The minimum Gasteiger partial charge on any atom is -0.396 e. The van der Waals surface area contributed by atoms with Gasteiger partial charge in [0, 0.05) is 12.0 Å². The molecule has 0 saturated heterocycles. The van der Waals surface area contributed by atoms with E-state index in [0.29, 0.717) is 5.02 Å². The Morgan fingerprint density at radius 2 is 2.10 bits per heavy atom. The predicted molar refractivity (Wildman–Crippen MR) is 85.7 cm³/mol. The molecule has 2 aromatic rings. The molecule has 0 radical (unpaired) electrons. The number of halogens is 1. The second-order valence-electron chi connectivity index (χ2n) is 5.69. The molecule has 1 aliphatic rings. The van der Waals surface area contributed by atoms with Crippen LogP contribution in [0.2, 0.25) is 5.02 Å². The molecule has 0 amide bonds. The maximum atomic E-state index is 9.78. The van der Waals surface area contributed by atoms with Gasteiger partial charge in [0.1, 0.15) is 5.52 Å². The van der Waals surface area contributed by atoms with Gasteiger partial charge >= 0.3 is 0 Å². The first kappa shape index (κ1) is 14.1. The Balaban J connectivity index is 1.82. The third kappa shape index (κ3) is 2.65. The SMILES string of the molecule is OCC1(CNc2c(Cl)ccc3scnc23)CCCCC1. The highest BCUT2D eigenvalue weighted by atomic mass is 35.5. The third-order valence-corrected chi connectivity index (χ3v) is 5.45. The molecule has 2 N–H and O–H groups in total. The van der Waals surface area contributed by atoms with Crippen molar-refractivity contribution in [3.8, 4) is 0 Å². The summed E-state index contributed by atoms with van der Waals surface area (Å²) in [5, 5.41) is 13.9. The highest BCUT2D eigenvalue weighted by Gasteiger charge is 2.31. The number of hydrogen-bond donors (Lipinski definition) is 2. The number of nitrogens with zero attached hydrogens (tertiary/aromatic N) is 1. The maximum Gasteiger partial charge on any atom is 0.106 e. The Labute approximate surface area is 128 Å². The van der Waals surface area contributed by atoms with Crippen LogP contribution in [0.1, 0.15) is 32.1 Å². The molecule has 0 bridgehead atoms. The van der Waals surface area contributed by atoms with Gasteiger partial charge in [-0.2, -0.15) is 0 Å². The number of thiazole rings is 1. The van der Waals surface area contributed by atoms with E-state index < -0.39 is 0 Å². The fourth-order valence-corrected chi connectivity index (χ4v) is 3.95. The third-order valence-electron chi connectivity index (χ3n) is 4.34. The van der Waals surface area contributed by atoms with Crippen LogP contribution in [-0.4, -0.2) is 23.2 Å². The average molecular weight is 311 g/mol. The Morgan fingerprint density at radius 1 is 1.30 bits per heavy atom. The summed E-state index contributed by atoms with van der Waals surface area (Å²) in [6.45, 7) is 1.00. The monoisotopic (exact) mass is 310 g/mol. The van der Waals surface area contributed by atoms with Gasteiger partial charge in [0.15, 0.2) is 0 Å². The molecule has 1 saturated carbocycles. The highest BCUT2D eigenvalue weighted by Crippen LogP contribution is 2.38. The first-order chi connectivity index (χ1) is 9.74. The van der Waals surface area contributed by atoms with Crippen LogP contribution in [0.3, 0.4) is 0 Å². The zero-order valence-corrected chi connectivity index (χ0v) is 12.9. The lowest BCUT2D eigenvalue weighted by atomic mass is 9.74. The fraction of sp³-hybridized carbons (Fsp3) is 0.533. The standard InChI is InChI=1S/C15H19ClN2OS/c16-11-4-5-12-14(18-10-20-12)13(11)17-8-15(9-19)6-2-1-3-7-15/h4-5,10,17,19H,1-3,6-9H2. The molecule has 108 valence electrons. The van der Waals surface area contributed by atoms with Gasteiger partial charge < -0.3 is 10.4 Å². The lowest BCUT2D eigenvalue weighted by Crippen LogP contribution is -2.35. The van der Waals surface area contributed by atoms with E-state index in [-0.39, 0.29) is 12.0 Å². The average Bonchev–Trinajstić information content (AvgIpc) is 2.96. The number of benzene rings is 1. The van der Waals surface area contributed by atoms with E-state index in [9.17, 15) is 5.11 Å². The molecule has 1 aliphatic carbocycles. The topological polar surface area (TPSA) is 45.1 Å². The second kappa shape index (κ2) is 5.88. The second-order valence-corrected chi connectivity index (χ2v) is 6.99. The summed E-state index contributed by atoms with van der Waals surface area (Å²) in [6.07, 6.45) is 5.86. The van der Waals surface area contributed by atoms with E-state index >= 15 is 0 Å². The van der Waals surface area contributed by atoms with Crippen molar-refractivity contribution in [1.82, 2.24) is 4.98 Å². The number of aliphatic hydroxyl groups excluding tert-OH is 1. The Hall–Kier alpha value is -0.840. The minimum atomic E-state index is -0.000233. The first-order valence-corrected chi connectivity index (χ1v) is 8.36. The van der Waals surface area contributed by atoms with E-state index in [1.165, 1.54) is 19.3 Å². The largest absolute Gasteiger partial charge is 0.396 e. The van der Waals surface area contributed by atoms with Crippen molar-refractivity contribution in [3.63, 3.8) is 0 Å². The van der Waals surface area contributed by atoms with Gasteiger partial charge in [0.2, 0.25) is 0 Å². The van der Waals surface area contributed by atoms with Gasteiger partial charge in [-0.1, -0.05) is 30.9 Å². The van der Waals surface area contributed by atoms with Crippen molar-refractivity contribution in [3.05, 3.63) is 22.7 Å². The first-order valence-electron chi connectivity index (χ1n) is 7.11. The summed E-state index contributed by atoms with van der Waals surface area (Å²) in [5.41, 5.74) is 3.68. The van der Waals surface area contributed by atoms with Crippen LogP contribution in [0.25, 0.3) is 10.2 Å². The van der Waals surface area contributed by atoms with E-state index in [0.717, 1.165) is 35.3 Å². The summed E-state index contributed by atoms with van der Waals surface area (Å²) in [7, 11) is 0. The molecule has 20 heavy (non-hydrogen) atoms. The van der Waals surface area contributed by atoms with Crippen molar-refractivity contribution >= 4 is 38.8 Å². The molecule has 5 heteroatoms. The van der Waals surface area contributed by atoms with Gasteiger partial charge in [-0.25, -0.2) is 4.98 Å². The van der Waals surface area contributed by atoms with Crippen LogP contribution in [0, 0.1) is 5.41 Å². The maximum absolute atomic E-state index is 9.78. The van der Waals surface area contributed by atoms with Crippen LogP contribution in [0.5, 0.6) is 0 Å².